The predicted octanol–water partition coefficient (Wildman–Crippen LogP) is 3.54. The number of carbonyl (C=O) groups excluding carboxylic acids is 1. The van der Waals surface area contributed by atoms with Crippen LogP contribution in [-0.4, -0.2) is 32.1 Å². The lowest BCUT2D eigenvalue weighted by atomic mass is 10.1. The molecular weight excluding hydrogens is 425 g/mol. The van der Waals surface area contributed by atoms with Crippen molar-refractivity contribution in [2.24, 2.45) is 4.99 Å². The molecule has 23 heavy (non-hydrogen) atoms. The van der Waals surface area contributed by atoms with Gasteiger partial charge in [-0.05, 0) is 42.2 Å². The summed E-state index contributed by atoms with van der Waals surface area (Å²) in [5.41, 5.74) is 1.27. The molecule has 0 atom stereocenters. The van der Waals surface area contributed by atoms with Crippen LogP contribution in [0.4, 0.5) is 0 Å². The molecule has 0 aliphatic rings. The number of rotatable bonds is 10. The molecule has 5 nitrogen and oxygen atoms in total. The van der Waals surface area contributed by atoms with E-state index >= 15 is 0 Å². The fourth-order valence-electron chi connectivity index (χ4n) is 1.99. The molecule has 0 unspecified atom stereocenters. The average molecular weight is 453 g/mol. The summed E-state index contributed by atoms with van der Waals surface area (Å²) >= 11 is 1.70. The number of nitrogens with one attached hydrogen (secondary N) is 2. The molecule has 132 valence electrons. The molecule has 0 radical (unpaired) electrons. The van der Waals surface area contributed by atoms with Crippen LogP contribution in [-0.2, 0) is 16.1 Å². The Hall–Kier alpha value is -0.830. The maximum absolute atomic E-state index is 11.2. The van der Waals surface area contributed by atoms with Crippen molar-refractivity contribution in [3.05, 3.63) is 22.4 Å². The Morgan fingerprint density at radius 2 is 2.04 bits per heavy atom. The van der Waals surface area contributed by atoms with Gasteiger partial charge in [-0.3, -0.25) is 9.79 Å². The number of hydrogen-bond acceptors (Lipinski definition) is 4. The summed E-state index contributed by atoms with van der Waals surface area (Å²) < 4.78 is 4.90. The number of hydrogen-bond donors (Lipinski definition) is 2. The van der Waals surface area contributed by atoms with Crippen molar-refractivity contribution in [3.63, 3.8) is 0 Å². The molecule has 0 bridgehead atoms. The highest BCUT2D eigenvalue weighted by atomic mass is 127. The van der Waals surface area contributed by atoms with Crippen molar-refractivity contribution in [2.45, 2.75) is 45.6 Å². The summed E-state index contributed by atoms with van der Waals surface area (Å²) in [6.45, 7) is 3.99. The fraction of sp³-hybridized carbons (Fsp3) is 0.625. The molecule has 1 rings (SSSR count). The first kappa shape index (κ1) is 22.2. The van der Waals surface area contributed by atoms with Crippen LogP contribution in [0.15, 0.2) is 21.8 Å². The third-order valence-electron chi connectivity index (χ3n) is 3.17. The number of esters is 1. The van der Waals surface area contributed by atoms with Gasteiger partial charge in [-0.1, -0.05) is 12.8 Å². The van der Waals surface area contributed by atoms with Crippen LogP contribution < -0.4 is 10.6 Å². The standard InChI is InChI=1S/C16H27N3O2S.HI/c1-3-21-15(20)8-6-4-5-7-10-18-16(17-2)19-12-14-9-11-22-13-14;/h9,11,13H,3-8,10,12H2,1-2H3,(H2,17,18,19);1H. The van der Waals surface area contributed by atoms with Crippen LogP contribution >= 0.6 is 35.3 Å². The van der Waals surface area contributed by atoms with Gasteiger partial charge >= 0.3 is 5.97 Å². The highest BCUT2D eigenvalue weighted by Gasteiger charge is 2.01. The Kier molecular flexibility index (Phi) is 14.2. The van der Waals surface area contributed by atoms with Gasteiger partial charge in [0.25, 0.3) is 0 Å². The number of halogens is 1. The maximum atomic E-state index is 11.2. The van der Waals surface area contributed by atoms with E-state index in [1.165, 1.54) is 5.56 Å². The van der Waals surface area contributed by atoms with Crippen LogP contribution in [0.25, 0.3) is 0 Å². The summed E-state index contributed by atoms with van der Waals surface area (Å²) in [7, 11) is 1.78. The lowest BCUT2D eigenvalue weighted by Crippen LogP contribution is -2.37. The van der Waals surface area contributed by atoms with Gasteiger partial charge in [0.1, 0.15) is 0 Å². The van der Waals surface area contributed by atoms with Gasteiger partial charge in [0.2, 0.25) is 0 Å². The van der Waals surface area contributed by atoms with Gasteiger partial charge in [0.05, 0.1) is 6.61 Å². The minimum Gasteiger partial charge on any atom is -0.466 e. The van der Waals surface area contributed by atoms with Crippen LogP contribution in [0.2, 0.25) is 0 Å². The van der Waals surface area contributed by atoms with Gasteiger partial charge in [-0.2, -0.15) is 11.3 Å². The third kappa shape index (κ3) is 11.4. The Balaban J connectivity index is 0.00000484. The summed E-state index contributed by atoms with van der Waals surface area (Å²) in [6.07, 6.45) is 4.67. The lowest BCUT2D eigenvalue weighted by molar-refractivity contribution is -0.143. The van der Waals surface area contributed by atoms with E-state index in [0.717, 1.165) is 44.7 Å². The van der Waals surface area contributed by atoms with Crippen molar-refractivity contribution in [3.8, 4) is 0 Å². The Labute approximate surface area is 160 Å². The molecule has 0 spiro atoms. The van der Waals surface area contributed by atoms with Gasteiger partial charge in [0.15, 0.2) is 5.96 Å². The molecule has 1 heterocycles. The number of nitrogens with zero attached hydrogens (tertiary/aromatic N) is 1. The number of thiophene rings is 1. The number of ether oxygens (including phenoxy) is 1. The molecule has 0 saturated heterocycles. The smallest absolute Gasteiger partial charge is 0.305 e. The fourth-order valence-corrected chi connectivity index (χ4v) is 2.66. The second kappa shape index (κ2) is 14.7. The molecule has 0 saturated carbocycles. The van der Waals surface area contributed by atoms with E-state index in [2.05, 4.69) is 32.5 Å². The zero-order chi connectivity index (χ0) is 16.0. The van der Waals surface area contributed by atoms with Crippen molar-refractivity contribution < 1.29 is 9.53 Å². The number of unbranched alkanes of at least 4 members (excludes halogenated alkanes) is 3. The Bertz CT molecular complexity index is 439. The van der Waals surface area contributed by atoms with E-state index in [1.807, 2.05) is 6.92 Å². The molecule has 2 N–H and O–H groups in total. The maximum Gasteiger partial charge on any atom is 0.305 e. The summed E-state index contributed by atoms with van der Waals surface area (Å²) in [5, 5.41) is 10.8. The van der Waals surface area contributed by atoms with Gasteiger partial charge in [-0.15, -0.1) is 24.0 Å². The quantitative estimate of drug-likeness (QED) is 0.187. The van der Waals surface area contributed by atoms with E-state index in [0.29, 0.717) is 13.0 Å². The third-order valence-corrected chi connectivity index (χ3v) is 3.90. The van der Waals surface area contributed by atoms with Crippen LogP contribution in [0.1, 0.15) is 44.6 Å². The first-order chi connectivity index (χ1) is 10.8. The second-order valence-corrected chi connectivity index (χ2v) is 5.73. The van der Waals surface area contributed by atoms with Crippen molar-refractivity contribution in [1.82, 2.24) is 10.6 Å². The number of guanidine groups is 1. The molecule has 1 aromatic heterocycles. The molecule has 0 aliphatic heterocycles. The monoisotopic (exact) mass is 453 g/mol. The van der Waals surface area contributed by atoms with E-state index in [9.17, 15) is 4.79 Å². The van der Waals surface area contributed by atoms with E-state index in [-0.39, 0.29) is 29.9 Å². The molecule has 0 aromatic carbocycles. The molecule has 0 fully saturated rings. The van der Waals surface area contributed by atoms with Crippen LogP contribution in [0, 0.1) is 0 Å². The minimum atomic E-state index is -0.0846. The zero-order valence-electron chi connectivity index (χ0n) is 14.0. The van der Waals surface area contributed by atoms with E-state index in [4.69, 9.17) is 4.74 Å². The second-order valence-electron chi connectivity index (χ2n) is 4.95. The van der Waals surface area contributed by atoms with Gasteiger partial charge < -0.3 is 15.4 Å². The highest BCUT2D eigenvalue weighted by molar-refractivity contribution is 14.0. The van der Waals surface area contributed by atoms with Crippen LogP contribution in [0.3, 0.4) is 0 Å². The Morgan fingerprint density at radius 3 is 2.70 bits per heavy atom. The highest BCUT2D eigenvalue weighted by Crippen LogP contribution is 2.05. The average Bonchev–Trinajstić information content (AvgIpc) is 3.03. The SMILES string of the molecule is CCOC(=O)CCCCCCNC(=NC)NCc1ccsc1.I. The zero-order valence-corrected chi connectivity index (χ0v) is 17.1. The number of carbonyl (C=O) groups is 1. The van der Waals surface area contributed by atoms with Crippen LogP contribution in [0.5, 0.6) is 0 Å². The first-order valence-corrected chi connectivity index (χ1v) is 8.81. The molecule has 0 amide bonds. The van der Waals surface area contributed by atoms with Gasteiger partial charge in [0, 0.05) is 26.6 Å². The number of aliphatic imine (C=N–C) groups is 1. The Morgan fingerprint density at radius 1 is 1.26 bits per heavy atom. The minimum absolute atomic E-state index is 0. The van der Waals surface area contributed by atoms with Crippen molar-refractivity contribution >= 4 is 47.2 Å². The van der Waals surface area contributed by atoms with Gasteiger partial charge in [-0.25, -0.2) is 0 Å². The molecular formula is C16H28IN3O2S. The van der Waals surface area contributed by atoms with Crippen molar-refractivity contribution in [1.29, 1.82) is 0 Å². The molecule has 1 aromatic rings. The summed E-state index contributed by atoms with van der Waals surface area (Å²) in [6, 6.07) is 2.11. The van der Waals surface area contributed by atoms with Crippen molar-refractivity contribution in [2.75, 3.05) is 20.2 Å². The first-order valence-electron chi connectivity index (χ1n) is 7.87. The molecule has 7 heteroatoms. The topological polar surface area (TPSA) is 62.7 Å². The van der Waals surface area contributed by atoms with E-state index in [1.54, 1.807) is 18.4 Å². The lowest BCUT2D eigenvalue weighted by Gasteiger charge is -2.11. The van der Waals surface area contributed by atoms with E-state index < -0.39 is 0 Å². The molecule has 0 aliphatic carbocycles. The predicted molar refractivity (Wildman–Crippen MR) is 108 cm³/mol. The summed E-state index contributed by atoms with van der Waals surface area (Å²) in [5.74, 6) is 0.747. The summed E-state index contributed by atoms with van der Waals surface area (Å²) in [4.78, 5) is 15.4. The largest absolute Gasteiger partial charge is 0.466 e. The normalized spacial score (nSPS) is 10.8.